The summed E-state index contributed by atoms with van der Waals surface area (Å²) in [7, 11) is 1.87. The molecule has 3 nitrogen and oxygen atoms in total. The predicted molar refractivity (Wildman–Crippen MR) is 78.7 cm³/mol. The second kappa shape index (κ2) is 4.42. The lowest BCUT2D eigenvalue weighted by Crippen LogP contribution is -1.99. The highest BCUT2D eigenvalue weighted by molar-refractivity contribution is 6.30. The van der Waals surface area contributed by atoms with Crippen LogP contribution in [0.3, 0.4) is 0 Å². The number of fused-ring (bicyclic) bond motifs is 1. The van der Waals surface area contributed by atoms with Gasteiger partial charge in [0.25, 0.3) is 0 Å². The highest BCUT2D eigenvalue weighted by Crippen LogP contribution is 2.24. The number of rotatable bonds is 2. The Hall–Kier alpha value is -1.74. The number of nitrogens with zero attached hydrogens (tertiary/aromatic N) is 3. The molecule has 0 fully saturated rings. The van der Waals surface area contributed by atoms with Gasteiger partial charge in [-0.25, -0.2) is 0 Å². The maximum Gasteiger partial charge on any atom is 0.131 e. The summed E-state index contributed by atoms with van der Waals surface area (Å²) in [5.41, 5.74) is 4.61. The van der Waals surface area contributed by atoms with E-state index in [2.05, 4.69) is 47.1 Å². The predicted octanol–water partition coefficient (Wildman–Crippen LogP) is 3.69. The first-order valence-electron chi connectivity index (χ1n) is 6.30. The number of hydrogen-bond donors (Lipinski definition) is 0. The fraction of sp³-hybridized carbons (Fsp3) is 0.267. The molecule has 4 heteroatoms. The topological polar surface area (TPSA) is 22.8 Å². The Morgan fingerprint density at radius 2 is 2.00 bits per heavy atom. The van der Waals surface area contributed by atoms with Gasteiger partial charge in [0.1, 0.15) is 5.15 Å². The SMILES string of the molecule is Cc1nn(C)c(Cl)c1Cn1ccc2c(C)cccc21. The van der Waals surface area contributed by atoms with E-state index in [9.17, 15) is 0 Å². The molecule has 0 aliphatic heterocycles. The van der Waals surface area contributed by atoms with E-state index in [1.165, 1.54) is 16.5 Å². The van der Waals surface area contributed by atoms with Gasteiger partial charge in [-0.3, -0.25) is 4.68 Å². The molecule has 2 heterocycles. The fourth-order valence-electron chi connectivity index (χ4n) is 2.54. The van der Waals surface area contributed by atoms with Crippen LogP contribution in [0.25, 0.3) is 10.9 Å². The zero-order chi connectivity index (χ0) is 13.6. The van der Waals surface area contributed by atoms with Crippen molar-refractivity contribution in [2.75, 3.05) is 0 Å². The molecule has 0 bridgehead atoms. The second-order valence-electron chi connectivity index (χ2n) is 4.93. The molecule has 0 atom stereocenters. The minimum atomic E-state index is 0.715. The summed E-state index contributed by atoms with van der Waals surface area (Å²) in [4.78, 5) is 0. The van der Waals surface area contributed by atoms with E-state index in [1.54, 1.807) is 4.68 Å². The van der Waals surface area contributed by atoms with Gasteiger partial charge in [-0.2, -0.15) is 5.10 Å². The van der Waals surface area contributed by atoms with Gasteiger partial charge in [0.05, 0.1) is 12.2 Å². The van der Waals surface area contributed by atoms with Gasteiger partial charge in [0.2, 0.25) is 0 Å². The Morgan fingerprint density at radius 3 is 2.68 bits per heavy atom. The van der Waals surface area contributed by atoms with Crippen LogP contribution in [-0.2, 0) is 13.6 Å². The summed E-state index contributed by atoms with van der Waals surface area (Å²) in [6.07, 6.45) is 2.11. The number of hydrogen-bond acceptors (Lipinski definition) is 1. The van der Waals surface area contributed by atoms with E-state index in [0.717, 1.165) is 17.8 Å². The monoisotopic (exact) mass is 273 g/mol. The normalized spacial score (nSPS) is 11.4. The minimum absolute atomic E-state index is 0.715. The van der Waals surface area contributed by atoms with Crippen LogP contribution in [0, 0.1) is 13.8 Å². The molecule has 0 spiro atoms. The Bertz CT molecular complexity index is 752. The molecule has 3 rings (SSSR count). The molecule has 0 radical (unpaired) electrons. The van der Waals surface area contributed by atoms with Crippen molar-refractivity contribution in [1.29, 1.82) is 0 Å². The quantitative estimate of drug-likeness (QED) is 0.698. The molecule has 0 N–H and O–H groups in total. The number of benzene rings is 1. The minimum Gasteiger partial charge on any atom is -0.343 e. The first-order valence-corrected chi connectivity index (χ1v) is 6.68. The molecule has 1 aromatic carbocycles. The molecule has 19 heavy (non-hydrogen) atoms. The van der Waals surface area contributed by atoms with Crippen LogP contribution in [-0.4, -0.2) is 14.3 Å². The van der Waals surface area contributed by atoms with Gasteiger partial charge in [-0.1, -0.05) is 23.7 Å². The Kier molecular flexibility index (Phi) is 2.86. The molecule has 0 amide bonds. The first kappa shape index (κ1) is 12.3. The van der Waals surface area contributed by atoms with Gasteiger partial charge < -0.3 is 4.57 Å². The van der Waals surface area contributed by atoms with E-state index in [0.29, 0.717) is 5.15 Å². The van der Waals surface area contributed by atoms with Crippen LogP contribution in [0.15, 0.2) is 30.5 Å². The van der Waals surface area contributed by atoms with Crippen molar-refractivity contribution >= 4 is 22.5 Å². The van der Waals surface area contributed by atoms with Crippen LogP contribution >= 0.6 is 11.6 Å². The number of aromatic nitrogens is 3. The molecule has 0 aliphatic carbocycles. The Labute approximate surface area is 117 Å². The second-order valence-corrected chi connectivity index (χ2v) is 5.29. The lowest BCUT2D eigenvalue weighted by Gasteiger charge is -2.06. The molecule has 98 valence electrons. The highest BCUT2D eigenvalue weighted by Gasteiger charge is 2.12. The zero-order valence-electron chi connectivity index (χ0n) is 11.3. The summed E-state index contributed by atoms with van der Waals surface area (Å²) in [5, 5.41) is 6.37. The third kappa shape index (κ3) is 1.94. The maximum atomic E-state index is 6.30. The molecule has 0 unspecified atom stereocenters. The van der Waals surface area contributed by atoms with Crippen LogP contribution in [0.5, 0.6) is 0 Å². The smallest absolute Gasteiger partial charge is 0.131 e. The zero-order valence-corrected chi connectivity index (χ0v) is 12.1. The van der Waals surface area contributed by atoms with Gasteiger partial charge in [-0.05, 0) is 31.5 Å². The van der Waals surface area contributed by atoms with Gasteiger partial charge in [0.15, 0.2) is 0 Å². The number of halogens is 1. The van der Waals surface area contributed by atoms with Crippen LogP contribution in [0.2, 0.25) is 5.15 Å². The molecule has 0 aliphatic rings. The van der Waals surface area contributed by atoms with Gasteiger partial charge in [0, 0.05) is 29.7 Å². The van der Waals surface area contributed by atoms with E-state index in [4.69, 9.17) is 11.6 Å². The lowest BCUT2D eigenvalue weighted by molar-refractivity contribution is 0.757. The average molecular weight is 274 g/mol. The van der Waals surface area contributed by atoms with Crippen molar-refractivity contribution in [3.8, 4) is 0 Å². The van der Waals surface area contributed by atoms with Crippen LogP contribution in [0.1, 0.15) is 16.8 Å². The van der Waals surface area contributed by atoms with Crippen molar-refractivity contribution in [2.24, 2.45) is 7.05 Å². The standard InChI is InChI=1S/C15H16ClN3/c1-10-5-4-6-14-12(10)7-8-19(14)9-13-11(2)17-18(3)15(13)16/h4-8H,9H2,1-3H3. The lowest BCUT2D eigenvalue weighted by atomic mass is 10.1. The van der Waals surface area contributed by atoms with E-state index in [1.807, 2.05) is 14.0 Å². The third-order valence-corrected chi connectivity index (χ3v) is 4.10. The first-order chi connectivity index (χ1) is 9.08. The molecular formula is C15H16ClN3. The highest BCUT2D eigenvalue weighted by atomic mass is 35.5. The van der Waals surface area contributed by atoms with Crippen molar-refractivity contribution in [1.82, 2.24) is 14.3 Å². The van der Waals surface area contributed by atoms with E-state index in [-0.39, 0.29) is 0 Å². The third-order valence-electron chi connectivity index (χ3n) is 3.63. The fourth-order valence-corrected chi connectivity index (χ4v) is 2.77. The molecule has 2 aromatic heterocycles. The van der Waals surface area contributed by atoms with Gasteiger partial charge in [-0.15, -0.1) is 0 Å². The largest absolute Gasteiger partial charge is 0.343 e. The van der Waals surface area contributed by atoms with E-state index >= 15 is 0 Å². The van der Waals surface area contributed by atoms with Crippen molar-refractivity contribution < 1.29 is 0 Å². The van der Waals surface area contributed by atoms with Crippen molar-refractivity contribution in [2.45, 2.75) is 20.4 Å². The maximum absolute atomic E-state index is 6.30. The van der Waals surface area contributed by atoms with Crippen LogP contribution < -0.4 is 0 Å². The molecule has 0 saturated heterocycles. The summed E-state index contributed by atoms with van der Waals surface area (Å²) in [6, 6.07) is 8.52. The average Bonchev–Trinajstić information content (AvgIpc) is 2.88. The van der Waals surface area contributed by atoms with E-state index < -0.39 is 0 Å². The Morgan fingerprint density at radius 1 is 1.21 bits per heavy atom. The molecular weight excluding hydrogens is 258 g/mol. The van der Waals surface area contributed by atoms with Crippen molar-refractivity contribution in [3.63, 3.8) is 0 Å². The Balaban J connectivity index is 2.09. The summed E-state index contributed by atoms with van der Waals surface area (Å²) < 4.78 is 3.95. The molecule has 0 saturated carbocycles. The van der Waals surface area contributed by atoms with Crippen LogP contribution in [0.4, 0.5) is 0 Å². The van der Waals surface area contributed by atoms with Gasteiger partial charge >= 0.3 is 0 Å². The summed E-state index contributed by atoms with van der Waals surface area (Å²) >= 11 is 6.30. The number of aryl methyl sites for hydroxylation is 3. The summed E-state index contributed by atoms with van der Waals surface area (Å²) in [5.74, 6) is 0. The summed E-state index contributed by atoms with van der Waals surface area (Å²) in [6.45, 7) is 4.89. The van der Waals surface area contributed by atoms with Crippen molar-refractivity contribution in [3.05, 3.63) is 52.4 Å². The molecule has 3 aromatic rings.